The zero-order chi connectivity index (χ0) is 21.1. The number of fused-ring (bicyclic) bond motifs is 3. The van der Waals surface area contributed by atoms with Crippen LogP contribution in [-0.4, -0.2) is 33.9 Å². The fourth-order valence-electron chi connectivity index (χ4n) is 3.41. The van der Waals surface area contributed by atoms with Crippen molar-refractivity contribution >= 4 is 40.5 Å². The average Bonchev–Trinajstić information content (AvgIpc) is 3.11. The van der Waals surface area contributed by atoms with E-state index in [1.165, 1.54) is 0 Å². The highest BCUT2D eigenvalue weighted by Crippen LogP contribution is 2.31. The second-order valence-corrected chi connectivity index (χ2v) is 7.12. The summed E-state index contributed by atoms with van der Waals surface area (Å²) in [5.41, 5.74) is 2.43. The Hall–Kier alpha value is -3.68. The van der Waals surface area contributed by atoms with Crippen LogP contribution in [0.2, 0.25) is 0 Å². The average molecular weight is 406 g/mol. The van der Waals surface area contributed by atoms with Crippen LogP contribution in [0.4, 0.5) is 11.6 Å². The summed E-state index contributed by atoms with van der Waals surface area (Å²) in [6.07, 6.45) is 1.78. The predicted molar refractivity (Wildman–Crippen MR) is 112 cm³/mol. The minimum Gasteiger partial charge on any atom is -0.462 e. The number of imidazole rings is 1. The first-order valence-corrected chi connectivity index (χ1v) is 9.91. The van der Waals surface area contributed by atoms with Gasteiger partial charge in [-0.15, -0.1) is 0 Å². The molecule has 2 aromatic carbocycles. The van der Waals surface area contributed by atoms with E-state index in [-0.39, 0.29) is 24.2 Å². The molecule has 30 heavy (non-hydrogen) atoms. The van der Waals surface area contributed by atoms with Gasteiger partial charge < -0.3 is 10.1 Å². The van der Waals surface area contributed by atoms with E-state index >= 15 is 0 Å². The molecule has 0 saturated heterocycles. The predicted octanol–water partition coefficient (Wildman–Crippen LogP) is 3.52. The van der Waals surface area contributed by atoms with Gasteiger partial charge in [0.15, 0.2) is 0 Å². The Morgan fingerprint density at radius 2 is 1.97 bits per heavy atom. The van der Waals surface area contributed by atoms with Gasteiger partial charge in [-0.05, 0) is 42.8 Å². The van der Waals surface area contributed by atoms with Gasteiger partial charge in [-0.3, -0.25) is 19.5 Å². The summed E-state index contributed by atoms with van der Waals surface area (Å²) >= 11 is 0. The van der Waals surface area contributed by atoms with Gasteiger partial charge in [0.25, 0.3) is 0 Å². The van der Waals surface area contributed by atoms with E-state index in [0.717, 1.165) is 18.4 Å². The van der Waals surface area contributed by atoms with Crippen LogP contribution in [0.5, 0.6) is 0 Å². The number of amides is 2. The summed E-state index contributed by atoms with van der Waals surface area (Å²) in [5.74, 6) is -0.617. The summed E-state index contributed by atoms with van der Waals surface area (Å²) in [5, 5.41) is 5.55. The number of hydrogen-bond acceptors (Lipinski definition) is 5. The van der Waals surface area contributed by atoms with Crippen molar-refractivity contribution < 1.29 is 19.1 Å². The van der Waals surface area contributed by atoms with Gasteiger partial charge in [-0.25, -0.2) is 9.78 Å². The van der Waals surface area contributed by atoms with Gasteiger partial charge in [0.2, 0.25) is 17.8 Å². The molecule has 8 heteroatoms. The minimum absolute atomic E-state index is 0.0149. The first-order chi connectivity index (χ1) is 14.6. The number of carbonyl (C=O) groups is 3. The summed E-state index contributed by atoms with van der Waals surface area (Å²) in [6, 6.07) is 13.2. The van der Waals surface area contributed by atoms with Gasteiger partial charge in [0.05, 0.1) is 29.6 Å². The second kappa shape index (κ2) is 8.36. The van der Waals surface area contributed by atoms with E-state index in [2.05, 4.69) is 15.6 Å². The molecule has 0 fully saturated rings. The molecular formula is C22H22N4O4. The molecule has 2 heterocycles. The van der Waals surface area contributed by atoms with Gasteiger partial charge in [0.1, 0.15) is 6.04 Å². The first kappa shape index (κ1) is 19.6. The number of esters is 1. The molecule has 2 amide bonds. The number of anilines is 2. The van der Waals surface area contributed by atoms with Crippen LogP contribution in [0.1, 0.15) is 42.6 Å². The van der Waals surface area contributed by atoms with Crippen molar-refractivity contribution in [2.45, 2.75) is 32.2 Å². The number of nitrogens with one attached hydrogen (secondary N) is 2. The minimum atomic E-state index is -0.722. The lowest BCUT2D eigenvalue weighted by atomic mass is 10.1. The number of nitrogens with zero attached hydrogens (tertiary/aromatic N) is 2. The molecule has 0 aliphatic carbocycles. The fourth-order valence-corrected chi connectivity index (χ4v) is 3.41. The maximum absolute atomic E-state index is 13.0. The highest BCUT2D eigenvalue weighted by molar-refractivity contribution is 6.03. The van der Waals surface area contributed by atoms with Crippen molar-refractivity contribution in [3.8, 4) is 0 Å². The number of hydrogen-bond donors (Lipinski definition) is 2. The molecular weight excluding hydrogens is 384 g/mol. The van der Waals surface area contributed by atoms with E-state index in [0.29, 0.717) is 29.3 Å². The molecule has 0 radical (unpaired) electrons. The topological polar surface area (TPSA) is 102 Å². The number of ether oxygens (including phenoxy) is 1. The third kappa shape index (κ3) is 3.89. The Balaban J connectivity index is 1.51. The van der Waals surface area contributed by atoms with Crippen LogP contribution in [0, 0.1) is 0 Å². The largest absolute Gasteiger partial charge is 0.462 e. The molecule has 0 spiro atoms. The van der Waals surface area contributed by atoms with E-state index in [1.54, 1.807) is 28.8 Å². The van der Waals surface area contributed by atoms with Crippen LogP contribution in [0.25, 0.3) is 11.0 Å². The van der Waals surface area contributed by atoms with Crippen LogP contribution in [0.3, 0.4) is 0 Å². The standard InChI is InChI=1S/C22H22N4O4/c1-2-3-12-30-21(29)14-8-10-15(11-9-14)23-20(28)18-13-19(27)25-22-24-16-6-4-5-7-17(16)26(18)22/h4-11,18H,2-3,12-13H2,1H3,(H,23,28)(H,24,25,27)/t18-/m1/s1. The van der Waals surface area contributed by atoms with E-state index < -0.39 is 6.04 Å². The number of aromatic nitrogens is 2. The maximum Gasteiger partial charge on any atom is 0.338 e. The number of rotatable bonds is 6. The lowest BCUT2D eigenvalue weighted by Crippen LogP contribution is -2.35. The summed E-state index contributed by atoms with van der Waals surface area (Å²) in [6.45, 7) is 2.41. The zero-order valence-corrected chi connectivity index (χ0v) is 16.6. The molecule has 154 valence electrons. The highest BCUT2D eigenvalue weighted by atomic mass is 16.5. The Morgan fingerprint density at radius 1 is 1.20 bits per heavy atom. The van der Waals surface area contributed by atoms with E-state index in [1.807, 2.05) is 31.2 Å². The normalized spacial score (nSPS) is 15.4. The van der Waals surface area contributed by atoms with Gasteiger partial charge in [0, 0.05) is 5.69 Å². The number of para-hydroxylation sites is 2. The molecule has 1 aromatic heterocycles. The quantitative estimate of drug-likeness (QED) is 0.482. The third-order valence-corrected chi connectivity index (χ3v) is 4.96. The number of unbranched alkanes of at least 4 members (excludes halogenated alkanes) is 1. The Bertz CT molecular complexity index is 1100. The molecule has 3 aromatic rings. The second-order valence-electron chi connectivity index (χ2n) is 7.12. The molecule has 2 N–H and O–H groups in total. The first-order valence-electron chi connectivity index (χ1n) is 9.91. The SMILES string of the molecule is CCCCOC(=O)c1ccc(NC(=O)[C@H]2CC(=O)Nc3nc4ccccc4n32)cc1. The van der Waals surface area contributed by atoms with E-state index in [9.17, 15) is 14.4 Å². The number of benzene rings is 2. The van der Waals surface area contributed by atoms with Crippen LogP contribution in [-0.2, 0) is 14.3 Å². The van der Waals surface area contributed by atoms with Crippen molar-refractivity contribution in [2.75, 3.05) is 17.2 Å². The molecule has 1 atom stereocenters. The molecule has 1 aliphatic rings. The molecule has 0 bridgehead atoms. The molecule has 0 saturated carbocycles. The summed E-state index contributed by atoms with van der Waals surface area (Å²) in [7, 11) is 0. The monoisotopic (exact) mass is 406 g/mol. The fraction of sp³-hybridized carbons (Fsp3) is 0.273. The van der Waals surface area contributed by atoms with Crippen molar-refractivity contribution in [1.82, 2.24) is 9.55 Å². The Labute approximate surface area is 173 Å². The molecule has 4 rings (SSSR count). The maximum atomic E-state index is 13.0. The lowest BCUT2D eigenvalue weighted by molar-refractivity contribution is -0.124. The smallest absolute Gasteiger partial charge is 0.338 e. The van der Waals surface area contributed by atoms with Crippen molar-refractivity contribution in [3.63, 3.8) is 0 Å². The zero-order valence-electron chi connectivity index (χ0n) is 16.6. The van der Waals surface area contributed by atoms with Crippen LogP contribution < -0.4 is 10.6 Å². The highest BCUT2D eigenvalue weighted by Gasteiger charge is 2.32. The van der Waals surface area contributed by atoms with Gasteiger partial charge in [-0.1, -0.05) is 25.5 Å². The van der Waals surface area contributed by atoms with Crippen LogP contribution in [0.15, 0.2) is 48.5 Å². The van der Waals surface area contributed by atoms with E-state index in [4.69, 9.17) is 4.74 Å². The Morgan fingerprint density at radius 3 is 2.73 bits per heavy atom. The summed E-state index contributed by atoms with van der Waals surface area (Å²) < 4.78 is 6.93. The van der Waals surface area contributed by atoms with Crippen LogP contribution >= 0.6 is 0 Å². The van der Waals surface area contributed by atoms with Gasteiger partial charge in [-0.2, -0.15) is 0 Å². The molecule has 8 nitrogen and oxygen atoms in total. The molecule has 0 unspecified atom stereocenters. The lowest BCUT2D eigenvalue weighted by Gasteiger charge is -2.25. The summed E-state index contributed by atoms with van der Waals surface area (Å²) in [4.78, 5) is 41.5. The van der Waals surface area contributed by atoms with Crippen molar-refractivity contribution in [1.29, 1.82) is 0 Å². The van der Waals surface area contributed by atoms with Crippen molar-refractivity contribution in [2.24, 2.45) is 0 Å². The molecule has 1 aliphatic heterocycles. The Kier molecular flexibility index (Phi) is 5.47. The third-order valence-electron chi connectivity index (χ3n) is 4.96. The van der Waals surface area contributed by atoms with Crippen molar-refractivity contribution in [3.05, 3.63) is 54.1 Å². The van der Waals surface area contributed by atoms with Gasteiger partial charge >= 0.3 is 5.97 Å². The number of carbonyl (C=O) groups excluding carboxylic acids is 3.